The minimum absolute atomic E-state index is 0.352. The number of rotatable bonds is 5. The van der Waals surface area contributed by atoms with Crippen LogP contribution in [0.4, 0.5) is 8.78 Å². The zero-order chi connectivity index (χ0) is 14.5. The summed E-state index contributed by atoms with van der Waals surface area (Å²) in [7, 11) is 1.98. The van der Waals surface area contributed by atoms with Crippen LogP contribution < -0.4 is 5.32 Å². The molecule has 1 fully saturated rings. The van der Waals surface area contributed by atoms with Crippen LogP contribution in [0.3, 0.4) is 0 Å². The van der Waals surface area contributed by atoms with Gasteiger partial charge in [-0.2, -0.15) is 0 Å². The van der Waals surface area contributed by atoms with Crippen molar-refractivity contribution >= 4 is 0 Å². The summed E-state index contributed by atoms with van der Waals surface area (Å²) in [6, 6.07) is 4.62. The fourth-order valence-corrected chi connectivity index (χ4v) is 3.66. The first-order valence-corrected chi connectivity index (χ1v) is 7.76. The van der Waals surface area contributed by atoms with Crippen molar-refractivity contribution in [3.05, 3.63) is 35.4 Å². The Morgan fingerprint density at radius 1 is 1.20 bits per heavy atom. The molecule has 1 saturated carbocycles. The third-order valence-electron chi connectivity index (χ3n) is 4.82. The van der Waals surface area contributed by atoms with E-state index in [9.17, 15) is 8.78 Å². The van der Waals surface area contributed by atoms with Gasteiger partial charge in [-0.15, -0.1) is 0 Å². The molecule has 3 atom stereocenters. The lowest BCUT2D eigenvalue weighted by Crippen LogP contribution is -2.40. The van der Waals surface area contributed by atoms with E-state index in [-0.39, 0.29) is 0 Å². The maximum absolute atomic E-state index is 13.3. The van der Waals surface area contributed by atoms with E-state index in [1.165, 1.54) is 44.2 Å². The molecule has 1 aliphatic carbocycles. The number of halogens is 2. The van der Waals surface area contributed by atoms with Gasteiger partial charge in [-0.05, 0) is 49.4 Å². The molecule has 1 aromatic carbocycles. The molecule has 2 rings (SSSR count). The Kier molecular flexibility index (Phi) is 5.53. The molecule has 112 valence electrons. The predicted octanol–water partition coefficient (Wildman–Crippen LogP) is 4.31. The second-order valence-corrected chi connectivity index (χ2v) is 5.96. The molecular formula is C17H25F2N. The van der Waals surface area contributed by atoms with Crippen LogP contribution in [0, 0.1) is 23.5 Å². The Bertz CT molecular complexity index is 433. The van der Waals surface area contributed by atoms with E-state index in [0.717, 1.165) is 17.9 Å². The van der Waals surface area contributed by atoms with Gasteiger partial charge in [0.1, 0.15) is 0 Å². The average Bonchev–Trinajstić information content (AvgIpc) is 2.48. The van der Waals surface area contributed by atoms with Gasteiger partial charge in [-0.25, -0.2) is 8.78 Å². The monoisotopic (exact) mass is 281 g/mol. The lowest BCUT2D eigenvalue weighted by Gasteiger charge is -2.37. The summed E-state index contributed by atoms with van der Waals surface area (Å²) in [6.07, 6.45) is 7.15. The highest BCUT2D eigenvalue weighted by Gasteiger charge is 2.30. The van der Waals surface area contributed by atoms with E-state index < -0.39 is 11.6 Å². The second-order valence-electron chi connectivity index (χ2n) is 5.96. The third kappa shape index (κ3) is 3.57. The van der Waals surface area contributed by atoms with Gasteiger partial charge >= 0.3 is 0 Å². The molecule has 0 spiro atoms. The summed E-state index contributed by atoms with van der Waals surface area (Å²) < 4.78 is 26.3. The summed E-state index contributed by atoms with van der Waals surface area (Å²) in [4.78, 5) is 0. The number of likely N-dealkylation sites (N-methyl/N-ethyl adjacent to an activating group) is 1. The van der Waals surface area contributed by atoms with Gasteiger partial charge in [0.25, 0.3) is 0 Å². The smallest absolute Gasteiger partial charge is 0.159 e. The first-order chi connectivity index (χ1) is 9.65. The third-order valence-corrected chi connectivity index (χ3v) is 4.82. The van der Waals surface area contributed by atoms with Crippen LogP contribution in [-0.2, 0) is 6.42 Å². The molecule has 1 aliphatic rings. The molecule has 0 bridgehead atoms. The summed E-state index contributed by atoms with van der Waals surface area (Å²) in [5.41, 5.74) is 0.878. The van der Waals surface area contributed by atoms with Crippen molar-refractivity contribution < 1.29 is 8.78 Å². The van der Waals surface area contributed by atoms with Gasteiger partial charge in [0.15, 0.2) is 11.6 Å². The zero-order valence-corrected chi connectivity index (χ0v) is 12.5. The molecular weight excluding hydrogens is 256 g/mol. The normalized spacial score (nSPS) is 24.6. The van der Waals surface area contributed by atoms with Gasteiger partial charge in [-0.1, -0.05) is 38.7 Å². The van der Waals surface area contributed by atoms with Crippen LogP contribution in [0.25, 0.3) is 0 Å². The topological polar surface area (TPSA) is 12.0 Å². The van der Waals surface area contributed by atoms with Crippen molar-refractivity contribution in [1.82, 2.24) is 5.32 Å². The van der Waals surface area contributed by atoms with Gasteiger partial charge in [0, 0.05) is 6.04 Å². The highest BCUT2D eigenvalue weighted by atomic mass is 19.2. The molecule has 0 saturated heterocycles. The Morgan fingerprint density at radius 2 is 1.95 bits per heavy atom. The quantitative estimate of drug-likeness (QED) is 0.848. The standard InChI is InChI=1S/C17H25F2N/c1-3-13-6-4-5-7-14(13)17(20-2)11-12-8-9-15(18)16(19)10-12/h8-10,13-14,17,20H,3-7,11H2,1-2H3. The molecule has 20 heavy (non-hydrogen) atoms. The molecule has 1 nitrogen and oxygen atoms in total. The van der Waals surface area contributed by atoms with Gasteiger partial charge in [0.2, 0.25) is 0 Å². The van der Waals surface area contributed by atoms with E-state index in [2.05, 4.69) is 12.2 Å². The fraction of sp³-hybridized carbons (Fsp3) is 0.647. The van der Waals surface area contributed by atoms with Crippen molar-refractivity contribution in [1.29, 1.82) is 0 Å². The molecule has 0 radical (unpaired) electrons. The highest BCUT2D eigenvalue weighted by Crippen LogP contribution is 2.35. The van der Waals surface area contributed by atoms with Crippen LogP contribution in [0.1, 0.15) is 44.6 Å². The van der Waals surface area contributed by atoms with Gasteiger partial charge < -0.3 is 5.32 Å². The van der Waals surface area contributed by atoms with Crippen molar-refractivity contribution in [2.45, 2.75) is 51.5 Å². The number of nitrogens with one attached hydrogen (secondary N) is 1. The van der Waals surface area contributed by atoms with Crippen LogP contribution in [-0.4, -0.2) is 13.1 Å². The summed E-state index contributed by atoms with van der Waals surface area (Å²) >= 11 is 0. The van der Waals surface area contributed by atoms with Gasteiger partial charge in [-0.3, -0.25) is 0 Å². The molecule has 1 N–H and O–H groups in total. The minimum atomic E-state index is -0.765. The van der Waals surface area contributed by atoms with Crippen molar-refractivity contribution in [3.8, 4) is 0 Å². The Labute approximate surface area is 120 Å². The Morgan fingerprint density at radius 3 is 2.60 bits per heavy atom. The molecule has 3 unspecified atom stereocenters. The van der Waals surface area contributed by atoms with E-state index in [0.29, 0.717) is 12.0 Å². The minimum Gasteiger partial charge on any atom is -0.316 e. The summed E-state index contributed by atoms with van der Waals surface area (Å²) in [5, 5.41) is 3.40. The fourth-order valence-electron chi connectivity index (χ4n) is 3.66. The van der Waals surface area contributed by atoms with E-state index in [1.807, 2.05) is 7.05 Å². The molecule has 0 aliphatic heterocycles. The van der Waals surface area contributed by atoms with Gasteiger partial charge in [0.05, 0.1) is 0 Å². The predicted molar refractivity (Wildman–Crippen MR) is 78.6 cm³/mol. The maximum Gasteiger partial charge on any atom is 0.159 e. The molecule has 0 heterocycles. The lowest BCUT2D eigenvalue weighted by atomic mass is 9.73. The first kappa shape index (κ1) is 15.4. The largest absolute Gasteiger partial charge is 0.316 e. The highest BCUT2D eigenvalue weighted by molar-refractivity contribution is 5.19. The molecule has 0 amide bonds. The van der Waals surface area contributed by atoms with Crippen molar-refractivity contribution in [3.63, 3.8) is 0 Å². The van der Waals surface area contributed by atoms with E-state index in [4.69, 9.17) is 0 Å². The Balaban J connectivity index is 2.09. The number of hydrogen-bond acceptors (Lipinski definition) is 1. The second kappa shape index (κ2) is 7.16. The zero-order valence-electron chi connectivity index (χ0n) is 12.5. The van der Waals surface area contributed by atoms with Crippen LogP contribution in [0.5, 0.6) is 0 Å². The molecule has 0 aromatic heterocycles. The first-order valence-electron chi connectivity index (χ1n) is 7.76. The van der Waals surface area contributed by atoms with Crippen LogP contribution in [0.15, 0.2) is 18.2 Å². The lowest BCUT2D eigenvalue weighted by molar-refractivity contribution is 0.179. The molecule has 3 heteroatoms. The molecule has 1 aromatic rings. The van der Waals surface area contributed by atoms with Crippen LogP contribution in [0.2, 0.25) is 0 Å². The number of hydrogen-bond donors (Lipinski definition) is 1. The maximum atomic E-state index is 13.3. The van der Waals surface area contributed by atoms with Crippen LogP contribution >= 0.6 is 0 Å². The SMILES string of the molecule is CCC1CCCCC1C(Cc1ccc(F)c(F)c1)NC. The van der Waals surface area contributed by atoms with E-state index in [1.54, 1.807) is 6.07 Å². The van der Waals surface area contributed by atoms with Crippen molar-refractivity contribution in [2.24, 2.45) is 11.8 Å². The summed E-state index contributed by atoms with van der Waals surface area (Å²) in [5.74, 6) is -0.106. The van der Waals surface area contributed by atoms with E-state index >= 15 is 0 Å². The average molecular weight is 281 g/mol. The number of benzene rings is 1. The van der Waals surface area contributed by atoms with Crippen molar-refractivity contribution in [2.75, 3.05) is 7.05 Å². The summed E-state index contributed by atoms with van der Waals surface area (Å²) in [6.45, 7) is 2.26. The Hall–Kier alpha value is -0.960.